The predicted octanol–water partition coefficient (Wildman–Crippen LogP) is 1.97. The summed E-state index contributed by atoms with van der Waals surface area (Å²) >= 11 is 0. The van der Waals surface area contributed by atoms with Gasteiger partial charge in [-0.25, -0.2) is 9.97 Å². The molecule has 1 fully saturated rings. The summed E-state index contributed by atoms with van der Waals surface area (Å²) in [7, 11) is 4.09. The topological polar surface area (TPSA) is 82.3 Å². The molecular formula is C21H27N7O. The minimum Gasteiger partial charge on any atom is -0.391 e. The highest BCUT2D eigenvalue weighted by Gasteiger charge is 2.32. The van der Waals surface area contributed by atoms with Gasteiger partial charge < -0.3 is 20.2 Å². The smallest absolute Gasteiger partial charge is 0.135 e. The average molecular weight is 393 g/mol. The minimum atomic E-state index is -0.331. The zero-order valence-corrected chi connectivity index (χ0v) is 16.8. The molecule has 2 N–H and O–H groups in total. The highest BCUT2D eigenvalue weighted by molar-refractivity contribution is 5.58. The minimum absolute atomic E-state index is 0.233. The van der Waals surface area contributed by atoms with Crippen molar-refractivity contribution in [1.29, 1.82) is 0 Å². The molecule has 1 aliphatic heterocycles. The van der Waals surface area contributed by atoms with Gasteiger partial charge in [-0.15, -0.1) is 0 Å². The molecule has 0 bridgehead atoms. The summed E-state index contributed by atoms with van der Waals surface area (Å²) in [4.78, 5) is 13.1. The Balaban J connectivity index is 1.45. The number of aliphatic hydroxyl groups is 1. The maximum absolute atomic E-state index is 10.1. The lowest BCUT2D eigenvalue weighted by atomic mass is 10.2. The largest absolute Gasteiger partial charge is 0.391 e. The van der Waals surface area contributed by atoms with Crippen LogP contribution in [0.3, 0.4) is 0 Å². The number of aliphatic hydroxyl groups excluding tert-OH is 1. The number of likely N-dealkylation sites (N-methyl/N-ethyl adjacent to an activating group) is 1. The third-order valence-electron chi connectivity index (χ3n) is 5.01. The normalized spacial score (nSPS) is 19.1. The Bertz CT molecular complexity index is 928. The molecule has 2 aromatic heterocycles. The van der Waals surface area contributed by atoms with Crippen LogP contribution in [0.1, 0.15) is 12.0 Å². The molecule has 1 aromatic carbocycles. The van der Waals surface area contributed by atoms with Gasteiger partial charge >= 0.3 is 0 Å². The number of nitrogens with one attached hydrogen (secondary N) is 1. The summed E-state index contributed by atoms with van der Waals surface area (Å²) in [6.07, 6.45) is 5.73. The molecule has 0 spiro atoms. The number of hydrogen-bond acceptors (Lipinski definition) is 7. The summed E-state index contributed by atoms with van der Waals surface area (Å²) < 4.78 is 1.89. The van der Waals surface area contributed by atoms with Crippen LogP contribution in [0.4, 0.5) is 17.3 Å². The predicted molar refractivity (Wildman–Crippen MR) is 113 cm³/mol. The average Bonchev–Trinajstić information content (AvgIpc) is 3.28. The molecule has 152 valence electrons. The van der Waals surface area contributed by atoms with E-state index in [-0.39, 0.29) is 12.1 Å². The van der Waals surface area contributed by atoms with E-state index in [1.165, 1.54) is 5.56 Å². The van der Waals surface area contributed by atoms with Gasteiger partial charge in [0.1, 0.15) is 18.0 Å². The van der Waals surface area contributed by atoms with Crippen molar-refractivity contribution in [2.24, 2.45) is 0 Å². The lowest BCUT2D eigenvalue weighted by Gasteiger charge is -2.27. The van der Waals surface area contributed by atoms with E-state index in [0.29, 0.717) is 12.4 Å². The highest BCUT2D eigenvalue weighted by atomic mass is 16.3. The molecule has 29 heavy (non-hydrogen) atoms. The molecule has 0 aliphatic carbocycles. The maximum Gasteiger partial charge on any atom is 0.135 e. The highest BCUT2D eigenvalue weighted by Crippen LogP contribution is 2.26. The first-order valence-corrected chi connectivity index (χ1v) is 9.82. The molecule has 0 amide bonds. The van der Waals surface area contributed by atoms with E-state index >= 15 is 0 Å². The van der Waals surface area contributed by atoms with E-state index in [4.69, 9.17) is 0 Å². The zero-order valence-electron chi connectivity index (χ0n) is 16.8. The van der Waals surface area contributed by atoms with E-state index in [0.717, 1.165) is 31.0 Å². The van der Waals surface area contributed by atoms with E-state index in [2.05, 4.69) is 42.3 Å². The van der Waals surface area contributed by atoms with Crippen LogP contribution in [0.15, 0.2) is 55.1 Å². The van der Waals surface area contributed by atoms with Crippen molar-refractivity contribution in [1.82, 2.24) is 24.6 Å². The second-order valence-corrected chi connectivity index (χ2v) is 7.76. The fourth-order valence-corrected chi connectivity index (χ4v) is 3.77. The number of β-amino-alcohol motifs (C(OH)–C–C–N with tert-alkyl or cyclic N) is 1. The van der Waals surface area contributed by atoms with Gasteiger partial charge in [0.25, 0.3) is 0 Å². The van der Waals surface area contributed by atoms with Crippen molar-refractivity contribution in [3.05, 3.63) is 60.7 Å². The van der Waals surface area contributed by atoms with E-state index in [1.54, 1.807) is 12.5 Å². The second-order valence-electron chi connectivity index (χ2n) is 7.76. The Kier molecular flexibility index (Phi) is 5.73. The molecule has 0 saturated carbocycles. The summed E-state index contributed by atoms with van der Waals surface area (Å²) in [5.41, 5.74) is 2.07. The van der Waals surface area contributed by atoms with Crippen LogP contribution in [0, 0.1) is 0 Å². The molecule has 1 saturated heterocycles. The fraction of sp³-hybridized carbons (Fsp3) is 0.381. The zero-order chi connectivity index (χ0) is 20.2. The summed E-state index contributed by atoms with van der Waals surface area (Å²) in [5.74, 6) is 1.53. The van der Waals surface area contributed by atoms with Crippen molar-refractivity contribution in [3.63, 3.8) is 0 Å². The Morgan fingerprint density at radius 2 is 2.03 bits per heavy atom. The van der Waals surface area contributed by atoms with Crippen molar-refractivity contribution in [2.45, 2.75) is 25.1 Å². The van der Waals surface area contributed by atoms with Gasteiger partial charge in [0.2, 0.25) is 0 Å². The monoisotopic (exact) mass is 393 g/mol. The van der Waals surface area contributed by atoms with Crippen LogP contribution < -0.4 is 10.2 Å². The van der Waals surface area contributed by atoms with Gasteiger partial charge in [0.05, 0.1) is 24.5 Å². The number of hydrogen-bond donors (Lipinski definition) is 2. The molecule has 3 heterocycles. The summed E-state index contributed by atoms with van der Waals surface area (Å²) in [6.45, 7) is 2.18. The van der Waals surface area contributed by atoms with Gasteiger partial charge in [-0.2, -0.15) is 5.10 Å². The molecule has 8 nitrogen and oxygen atoms in total. The van der Waals surface area contributed by atoms with Crippen molar-refractivity contribution in [3.8, 4) is 0 Å². The third-order valence-corrected chi connectivity index (χ3v) is 5.01. The first-order chi connectivity index (χ1) is 14.1. The first kappa shape index (κ1) is 19.4. The summed E-state index contributed by atoms with van der Waals surface area (Å²) in [6, 6.07) is 12.4. The Hall–Kier alpha value is -2.97. The van der Waals surface area contributed by atoms with Crippen LogP contribution in [0.2, 0.25) is 0 Å². The Morgan fingerprint density at radius 1 is 1.21 bits per heavy atom. The lowest BCUT2D eigenvalue weighted by molar-refractivity contribution is 0.191. The fourth-order valence-electron chi connectivity index (χ4n) is 3.77. The first-order valence-electron chi connectivity index (χ1n) is 9.82. The molecule has 3 aromatic rings. The van der Waals surface area contributed by atoms with Crippen LogP contribution in [-0.2, 0) is 6.54 Å². The van der Waals surface area contributed by atoms with Gasteiger partial charge in [-0.05, 0) is 26.1 Å². The number of rotatable bonds is 7. The third kappa shape index (κ3) is 4.90. The van der Waals surface area contributed by atoms with E-state index < -0.39 is 0 Å². The van der Waals surface area contributed by atoms with Gasteiger partial charge in [-0.1, -0.05) is 30.3 Å². The molecule has 4 rings (SSSR count). The molecular weight excluding hydrogens is 366 g/mol. The molecule has 8 heteroatoms. The van der Waals surface area contributed by atoms with Crippen LogP contribution in [0.25, 0.3) is 0 Å². The van der Waals surface area contributed by atoms with Gasteiger partial charge in [0.15, 0.2) is 0 Å². The van der Waals surface area contributed by atoms with Crippen LogP contribution in [0.5, 0.6) is 0 Å². The maximum atomic E-state index is 10.1. The second kappa shape index (κ2) is 8.59. The lowest BCUT2D eigenvalue weighted by Crippen LogP contribution is -2.38. The van der Waals surface area contributed by atoms with Gasteiger partial charge in [0, 0.05) is 31.4 Å². The SMILES string of the molecule is CN(C)C[C@H]1C[C@@H](O)CN1c1cc(Nc2cnn(Cc3ccccc3)c2)ncn1. The number of nitrogens with zero attached hydrogens (tertiary/aromatic N) is 6. The van der Waals surface area contributed by atoms with E-state index in [9.17, 15) is 5.11 Å². The van der Waals surface area contributed by atoms with Crippen LogP contribution >= 0.6 is 0 Å². The molecule has 0 radical (unpaired) electrons. The van der Waals surface area contributed by atoms with Gasteiger partial charge in [-0.3, -0.25) is 4.68 Å². The number of aromatic nitrogens is 4. The van der Waals surface area contributed by atoms with Crippen molar-refractivity contribution >= 4 is 17.3 Å². The number of anilines is 3. The molecule has 2 atom stereocenters. The quantitative estimate of drug-likeness (QED) is 0.635. The van der Waals surface area contributed by atoms with Crippen molar-refractivity contribution < 1.29 is 5.11 Å². The van der Waals surface area contributed by atoms with Crippen LogP contribution in [-0.4, -0.2) is 69.1 Å². The molecule has 1 aliphatic rings. The molecule has 0 unspecified atom stereocenters. The Labute approximate surface area is 170 Å². The summed E-state index contributed by atoms with van der Waals surface area (Å²) in [5, 5.41) is 17.9. The Morgan fingerprint density at radius 3 is 2.83 bits per heavy atom. The van der Waals surface area contributed by atoms with Crippen molar-refractivity contribution in [2.75, 3.05) is 37.4 Å². The van der Waals surface area contributed by atoms with E-state index in [1.807, 2.05) is 49.2 Å². The standard InChI is InChI=1S/C21H27N7O/c1-26(2)13-18-8-19(29)14-28(18)21-9-20(22-15-23-21)25-17-10-24-27(12-17)11-16-6-4-3-5-7-16/h3-7,9-10,12,15,18-19,29H,8,11,13-14H2,1-2H3,(H,22,23,25)/t18-,19-/m1/s1. The number of benzene rings is 1.